The number of hydrogen-bond donors (Lipinski definition) is 0. The normalized spacial score (nSPS) is 28.0. The van der Waals surface area contributed by atoms with E-state index in [4.69, 9.17) is 4.52 Å². The van der Waals surface area contributed by atoms with E-state index >= 15 is 0 Å². The van der Waals surface area contributed by atoms with Crippen LogP contribution in [0.5, 0.6) is 0 Å². The lowest BCUT2D eigenvalue weighted by atomic mass is 9.85. The Hall–Kier alpha value is -1.92. The second kappa shape index (κ2) is 6.91. The summed E-state index contributed by atoms with van der Waals surface area (Å²) < 4.78 is 5.27. The van der Waals surface area contributed by atoms with Gasteiger partial charge in [-0.15, -0.1) is 0 Å². The zero-order valence-electron chi connectivity index (χ0n) is 14.7. The van der Waals surface area contributed by atoms with Crippen molar-refractivity contribution in [3.8, 4) is 0 Å². The van der Waals surface area contributed by atoms with E-state index in [1.54, 1.807) is 4.90 Å². The molecule has 0 radical (unpaired) electrons. The van der Waals surface area contributed by atoms with Gasteiger partial charge in [-0.05, 0) is 45.4 Å². The zero-order chi connectivity index (χ0) is 17.3. The molecule has 2 fully saturated rings. The monoisotopic (exact) mass is 334 g/mol. The first-order valence-corrected chi connectivity index (χ1v) is 9.00. The summed E-state index contributed by atoms with van der Waals surface area (Å²) in [6.45, 7) is 6.46. The summed E-state index contributed by atoms with van der Waals surface area (Å²) >= 11 is 0. The van der Waals surface area contributed by atoms with Crippen molar-refractivity contribution in [2.75, 3.05) is 6.54 Å². The molecule has 0 N–H and O–H groups in total. The highest BCUT2D eigenvalue weighted by molar-refractivity contribution is 6.04. The first-order chi connectivity index (χ1) is 11.6. The maximum atomic E-state index is 12.7. The van der Waals surface area contributed by atoms with E-state index < -0.39 is 0 Å². The molecule has 1 unspecified atom stereocenters. The SMILES string of the molecule is CCCN1C(=O)N(C2CCC(c3nc(C)no3)CC2)C(=O)C1CC. The van der Waals surface area contributed by atoms with Crippen molar-refractivity contribution in [2.45, 2.75) is 77.3 Å². The summed E-state index contributed by atoms with van der Waals surface area (Å²) in [5.74, 6) is 1.55. The third-order valence-corrected chi connectivity index (χ3v) is 5.16. The summed E-state index contributed by atoms with van der Waals surface area (Å²) in [5, 5.41) is 3.85. The van der Waals surface area contributed by atoms with Gasteiger partial charge < -0.3 is 9.42 Å². The molecule has 7 heteroatoms. The van der Waals surface area contributed by atoms with Crippen LogP contribution in [0.1, 0.15) is 70.0 Å². The standard InChI is InChI=1S/C17H26N4O3/c1-4-10-20-14(5-2)16(22)21(17(20)23)13-8-6-12(7-9-13)15-18-11(3)19-24-15/h12-14H,4-10H2,1-3H3. The molecule has 0 spiro atoms. The molecule has 0 bridgehead atoms. The van der Waals surface area contributed by atoms with Crippen LogP contribution in [-0.2, 0) is 4.79 Å². The molecule has 24 heavy (non-hydrogen) atoms. The molecule has 1 saturated carbocycles. The molecule has 132 valence electrons. The average molecular weight is 334 g/mol. The highest BCUT2D eigenvalue weighted by Gasteiger charge is 2.47. The van der Waals surface area contributed by atoms with Crippen molar-refractivity contribution in [2.24, 2.45) is 0 Å². The van der Waals surface area contributed by atoms with Gasteiger partial charge in [0.15, 0.2) is 5.82 Å². The van der Waals surface area contributed by atoms with Gasteiger partial charge in [-0.1, -0.05) is 19.0 Å². The number of aryl methyl sites for hydroxylation is 1. The van der Waals surface area contributed by atoms with Crippen LogP contribution in [-0.4, -0.2) is 50.5 Å². The van der Waals surface area contributed by atoms with Gasteiger partial charge in [0.25, 0.3) is 5.91 Å². The summed E-state index contributed by atoms with van der Waals surface area (Å²) in [4.78, 5) is 33.0. The molecule has 3 amide bonds. The lowest BCUT2D eigenvalue weighted by molar-refractivity contribution is -0.130. The Labute approximate surface area is 142 Å². The molecule has 7 nitrogen and oxygen atoms in total. The first-order valence-electron chi connectivity index (χ1n) is 9.00. The van der Waals surface area contributed by atoms with E-state index in [0.717, 1.165) is 32.1 Å². The summed E-state index contributed by atoms with van der Waals surface area (Å²) in [7, 11) is 0. The van der Waals surface area contributed by atoms with Crippen molar-refractivity contribution >= 4 is 11.9 Å². The molecule has 1 aromatic rings. The fraction of sp³-hybridized carbons (Fsp3) is 0.765. The molecule has 2 aliphatic rings. The molecular formula is C17H26N4O3. The largest absolute Gasteiger partial charge is 0.339 e. The number of carbonyl (C=O) groups is 2. The van der Waals surface area contributed by atoms with Gasteiger partial charge in [0.2, 0.25) is 5.89 Å². The Balaban J connectivity index is 1.67. The third-order valence-electron chi connectivity index (χ3n) is 5.16. The molecule has 1 atom stereocenters. The van der Waals surface area contributed by atoms with Gasteiger partial charge in [-0.2, -0.15) is 4.98 Å². The van der Waals surface area contributed by atoms with Gasteiger partial charge in [-0.3, -0.25) is 9.69 Å². The Kier molecular flexibility index (Phi) is 4.87. The highest BCUT2D eigenvalue weighted by Crippen LogP contribution is 2.36. The van der Waals surface area contributed by atoms with Gasteiger partial charge in [-0.25, -0.2) is 4.79 Å². The number of carbonyl (C=O) groups excluding carboxylic acids is 2. The minimum Gasteiger partial charge on any atom is -0.339 e. The minimum atomic E-state index is -0.284. The highest BCUT2D eigenvalue weighted by atomic mass is 16.5. The molecular weight excluding hydrogens is 308 g/mol. The summed E-state index contributed by atoms with van der Waals surface area (Å²) in [5.41, 5.74) is 0. The van der Waals surface area contributed by atoms with Crippen molar-refractivity contribution in [3.05, 3.63) is 11.7 Å². The second-order valence-corrected chi connectivity index (χ2v) is 6.79. The molecule has 1 aromatic heterocycles. The summed E-state index contributed by atoms with van der Waals surface area (Å²) in [6, 6.07) is -0.388. The Bertz CT molecular complexity index is 607. The fourth-order valence-electron chi connectivity index (χ4n) is 3.94. The molecule has 1 aliphatic carbocycles. The van der Waals surface area contributed by atoms with Crippen LogP contribution < -0.4 is 0 Å². The van der Waals surface area contributed by atoms with Crippen molar-refractivity contribution < 1.29 is 14.1 Å². The number of nitrogens with zero attached hydrogens (tertiary/aromatic N) is 4. The minimum absolute atomic E-state index is 0.00109. The van der Waals surface area contributed by atoms with Gasteiger partial charge >= 0.3 is 6.03 Å². The fourth-order valence-corrected chi connectivity index (χ4v) is 3.94. The maximum absolute atomic E-state index is 12.7. The Morgan fingerprint density at radius 3 is 2.42 bits per heavy atom. The van der Waals surface area contributed by atoms with E-state index in [1.165, 1.54) is 4.90 Å². The number of imide groups is 1. The van der Waals surface area contributed by atoms with E-state index in [2.05, 4.69) is 10.1 Å². The Morgan fingerprint density at radius 1 is 1.17 bits per heavy atom. The second-order valence-electron chi connectivity index (χ2n) is 6.79. The van der Waals surface area contributed by atoms with Crippen molar-refractivity contribution in [1.29, 1.82) is 0 Å². The molecule has 1 aliphatic heterocycles. The number of urea groups is 1. The van der Waals surface area contributed by atoms with Crippen LogP contribution in [0, 0.1) is 6.92 Å². The van der Waals surface area contributed by atoms with E-state index in [1.807, 2.05) is 20.8 Å². The van der Waals surface area contributed by atoms with E-state index in [9.17, 15) is 9.59 Å². The Morgan fingerprint density at radius 2 is 1.88 bits per heavy atom. The number of hydrogen-bond acceptors (Lipinski definition) is 5. The van der Waals surface area contributed by atoms with E-state index in [-0.39, 0.29) is 29.9 Å². The van der Waals surface area contributed by atoms with Crippen LogP contribution in [0.25, 0.3) is 0 Å². The van der Waals surface area contributed by atoms with Gasteiger partial charge in [0, 0.05) is 18.5 Å². The summed E-state index contributed by atoms with van der Waals surface area (Å²) in [6.07, 6.45) is 4.89. The van der Waals surface area contributed by atoms with Gasteiger partial charge in [0.1, 0.15) is 6.04 Å². The smallest absolute Gasteiger partial charge is 0.327 e. The predicted octanol–water partition coefficient (Wildman–Crippen LogP) is 2.86. The number of rotatable bonds is 5. The maximum Gasteiger partial charge on any atom is 0.327 e. The quantitative estimate of drug-likeness (QED) is 0.774. The topological polar surface area (TPSA) is 79.5 Å². The van der Waals surface area contributed by atoms with Gasteiger partial charge in [0.05, 0.1) is 0 Å². The lowest BCUT2D eigenvalue weighted by Crippen LogP contribution is -2.43. The predicted molar refractivity (Wildman–Crippen MR) is 87.4 cm³/mol. The lowest BCUT2D eigenvalue weighted by Gasteiger charge is -2.32. The van der Waals surface area contributed by atoms with Crippen LogP contribution in [0.3, 0.4) is 0 Å². The average Bonchev–Trinajstić information content (AvgIpc) is 3.10. The number of aromatic nitrogens is 2. The van der Waals surface area contributed by atoms with Crippen LogP contribution in [0.4, 0.5) is 4.79 Å². The number of amides is 3. The molecule has 0 aromatic carbocycles. The first kappa shape index (κ1) is 16.9. The molecule has 2 heterocycles. The zero-order valence-corrected chi connectivity index (χ0v) is 14.7. The molecule has 3 rings (SSSR count). The third kappa shape index (κ3) is 2.91. The van der Waals surface area contributed by atoms with Crippen LogP contribution in [0.15, 0.2) is 4.52 Å². The van der Waals surface area contributed by atoms with Crippen molar-refractivity contribution in [1.82, 2.24) is 19.9 Å². The van der Waals surface area contributed by atoms with Crippen LogP contribution >= 0.6 is 0 Å². The van der Waals surface area contributed by atoms with Crippen LogP contribution in [0.2, 0.25) is 0 Å². The van der Waals surface area contributed by atoms with Crippen molar-refractivity contribution in [3.63, 3.8) is 0 Å². The van der Waals surface area contributed by atoms with E-state index in [0.29, 0.717) is 24.7 Å². The molecule has 1 saturated heterocycles.